The lowest BCUT2D eigenvalue weighted by Crippen LogP contribution is -2.37. The third-order valence-corrected chi connectivity index (χ3v) is 8.85. The summed E-state index contributed by atoms with van der Waals surface area (Å²) in [4.78, 5) is 17.6. The van der Waals surface area contributed by atoms with Crippen molar-refractivity contribution in [3.8, 4) is 11.1 Å². The second kappa shape index (κ2) is 7.14. The topological polar surface area (TPSA) is 78.4 Å². The summed E-state index contributed by atoms with van der Waals surface area (Å²) in [5.74, 6) is -2.65. The zero-order chi connectivity index (χ0) is 26.3. The van der Waals surface area contributed by atoms with Gasteiger partial charge in [0.2, 0.25) is 10.0 Å². The molecule has 10 heteroatoms. The summed E-state index contributed by atoms with van der Waals surface area (Å²) in [5.41, 5.74) is -0.284. The number of fused-ring (bicyclic) bond motifs is 1. The number of anilines is 1. The van der Waals surface area contributed by atoms with Crippen LogP contribution in [0, 0.1) is 5.41 Å². The van der Waals surface area contributed by atoms with E-state index in [9.17, 15) is 22.0 Å². The summed E-state index contributed by atoms with van der Waals surface area (Å²) >= 11 is 0. The minimum absolute atomic E-state index is 0.0104. The van der Waals surface area contributed by atoms with Gasteiger partial charge in [-0.3, -0.25) is 4.79 Å². The molecular formula is C23H26F2N4O3S. The molecule has 2 aromatic heterocycles. The molecule has 0 bridgehead atoms. The first-order chi connectivity index (χ1) is 16.7. The van der Waals surface area contributed by atoms with E-state index >= 15 is 0 Å². The Morgan fingerprint density at radius 1 is 1.15 bits per heavy atom. The number of halogens is 2. The lowest BCUT2D eigenvalue weighted by Gasteiger charge is -2.35. The maximum atomic E-state index is 14.0. The van der Waals surface area contributed by atoms with Crippen LogP contribution in [-0.2, 0) is 17.0 Å². The standard InChI is InChI=1S/C23H26F2N4O3S/c1-27(2)33(31,32)15-4-5-19(29-10-7-22(8-11-29)14-23(22,24)25)17(12-15)18-13-28(3)21(30)20-16(18)6-9-26-20/h4-6,9,12-13,26H,7-8,10-11,14H2,1-3H3/i3D3. The lowest BCUT2D eigenvalue weighted by atomic mass is 9.91. The molecule has 7 nitrogen and oxygen atoms in total. The summed E-state index contributed by atoms with van der Waals surface area (Å²) in [7, 11) is -1.03. The Hall–Kier alpha value is -2.72. The minimum atomic E-state index is -3.84. The van der Waals surface area contributed by atoms with Gasteiger partial charge < -0.3 is 14.5 Å². The number of alkyl halides is 2. The number of aromatic nitrogens is 2. The predicted octanol–water partition coefficient (Wildman–Crippen LogP) is 3.41. The minimum Gasteiger partial charge on any atom is -0.371 e. The van der Waals surface area contributed by atoms with Crippen LogP contribution in [0.15, 0.2) is 46.3 Å². The third-order valence-electron chi connectivity index (χ3n) is 7.04. The van der Waals surface area contributed by atoms with Crippen LogP contribution in [0.25, 0.3) is 22.0 Å². The van der Waals surface area contributed by atoms with Crippen molar-refractivity contribution >= 4 is 26.6 Å². The SMILES string of the molecule is [2H]C([2H])([2H])n1cc(-c2cc(S(=O)(=O)N(C)C)ccc2N2CCC3(CC2)CC3(F)F)c2cc[nH]c2c1=O. The first kappa shape index (κ1) is 18.7. The molecule has 2 fully saturated rings. The van der Waals surface area contributed by atoms with Crippen molar-refractivity contribution in [1.29, 1.82) is 0 Å². The fourth-order valence-corrected chi connectivity index (χ4v) is 5.77. The average molecular weight is 480 g/mol. The smallest absolute Gasteiger partial charge is 0.274 e. The zero-order valence-electron chi connectivity index (χ0n) is 21.2. The fourth-order valence-electron chi connectivity index (χ4n) is 4.84. The van der Waals surface area contributed by atoms with E-state index in [1.54, 1.807) is 12.1 Å². The number of sulfonamides is 1. The highest BCUT2D eigenvalue weighted by Gasteiger charge is 2.70. The van der Waals surface area contributed by atoms with Crippen LogP contribution < -0.4 is 10.5 Å². The molecule has 0 unspecified atom stereocenters. The Morgan fingerprint density at radius 3 is 2.45 bits per heavy atom. The van der Waals surface area contributed by atoms with E-state index in [1.807, 2.05) is 4.90 Å². The second-order valence-corrected chi connectivity index (χ2v) is 11.3. The van der Waals surface area contributed by atoms with E-state index in [-0.39, 0.29) is 16.8 Å². The molecule has 1 aromatic carbocycles. The predicted molar refractivity (Wildman–Crippen MR) is 123 cm³/mol. The molecule has 1 saturated heterocycles. The van der Waals surface area contributed by atoms with Crippen molar-refractivity contribution in [2.24, 2.45) is 12.4 Å². The molecule has 0 radical (unpaired) electrons. The van der Waals surface area contributed by atoms with Crippen molar-refractivity contribution in [1.82, 2.24) is 13.9 Å². The van der Waals surface area contributed by atoms with Crippen molar-refractivity contribution < 1.29 is 21.3 Å². The van der Waals surface area contributed by atoms with Gasteiger partial charge >= 0.3 is 0 Å². The number of hydrogen-bond donors (Lipinski definition) is 1. The van der Waals surface area contributed by atoms with Gasteiger partial charge in [0.15, 0.2) is 0 Å². The molecule has 1 saturated carbocycles. The van der Waals surface area contributed by atoms with Crippen LogP contribution in [0.1, 0.15) is 23.4 Å². The second-order valence-electron chi connectivity index (χ2n) is 9.10. The third kappa shape index (κ3) is 3.30. The summed E-state index contributed by atoms with van der Waals surface area (Å²) in [6, 6.07) is 6.16. The van der Waals surface area contributed by atoms with Crippen LogP contribution in [0.3, 0.4) is 0 Å². The highest BCUT2D eigenvalue weighted by Crippen LogP contribution is 2.66. The van der Waals surface area contributed by atoms with Gasteiger partial charge in [-0.2, -0.15) is 0 Å². The number of hydrogen-bond acceptors (Lipinski definition) is 4. The average Bonchev–Trinajstić information content (AvgIpc) is 3.12. The van der Waals surface area contributed by atoms with E-state index in [2.05, 4.69) is 4.98 Å². The number of aromatic amines is 1. The molecule has 1 aliphatic heterocycles. The summed E-state index contributed by atoms with van der Waals surface area (Å²) in [6.45, 7) is -2.08. The van der Waals surface area contributed by atoms with Crippen LogP contribution in [0.2, 0.25) is 0 Å². The quantitative estimate of drug-likeness (QED) is 0.622. The van der Waals surface area contributed by atoms with Gasteiger partial charge in [0.25, 0.3) is 11.5 Å². The number of nitrogens with one attached hydrogen (secondary N) is 1. The molecule has 3 aromatic rings. The van der Waals surface area contributed by atoms with Gasteiger partial charge in [-0.05, 0) is 37.1 Å². The maximum Gasteiger partial charge on any atom is 0.274 e. The van der Waals surface area contributed by atoms with Gasteiger partial charge in [-0.25, -0.2) is 21.5 Å². The van der Waals surface area contributed by atoms with E-state index < -0.39 is 33.9 Å². The summed E-state index contributed by atoms with van der Waals surface area (Å²) in [5, 5.41) is 0.434. The largest absolute Gasteiger partial charge is 0.371 e. The Morgan fingerprint density at radius 2 is 1.85 bits per heavy atom. The maximum absolute atomic E-state index is 14.0. The number of benzene rings is 1. The molecule has 0 atom stereocenters. The van der Waals surface area contributed by atoms with Gasteiger partial charge in [-0.15, -0.1) is 0 Å². The van der Waals surface area contributed by atoms with Gasteiger partial charge in [0.1, 0.15) is 5.52 Å². The normalized spacial score (nSPS) is 21.2. The summed E-state index contributed by atoms with van der Waals surface area (Å²) < 4.78 is 79.0. The molecule has 5 rings (SSSR count). The molecule has 176 valence electrons. The van der Waals surface area contributed by atoms with E-state index in [1.165, 1.54) is 38.6 Å². The van der Waals surface area contributed by atoms with Crippen LogP contribution >= 0.6 is 0 Å². The van der Waals surface area contributed by atoms with Crippen molar-refractivity contribution in [2.75, 3.05) is 32.1 Å². The molecule has 1 aliphatic carbocycles. The van der Waals surface area contributed by atoms with Gasteiger partial charge in [0, 0.05) is 84.7 Å². The molecule has 2 aliphatic rings. The highest BCUT2D eigenvalue weighted by molar-refractivity contribution is 7.89. The Labute approximate surface area is 194 Å². The number of aryl methyl sites for hydroxylation is 1. The van der Waals surface area contributed by atoms with Crippen molar-refractivity contribution in [2.45, 2.75) is 30.1 Å². The van der Waals surface area contributed by atoms with Crippen LogP contribution in [-0.4, -0.2) is 55.4 Å². The summed E-state index contributed by atoms with van der Waals surface area (Å²) in [6.07, 6.45) is 3.21. The van der Waals surface area contributed by atoms with E-state index in [0.29, 0.717) is 52.7 Å². The Balaban J connectivity index is 1.71. The molecule has 0 amide bonds. The Bertz CT molecular complexity index is 1520. The van der Waals surface area contributed by atoms with Crippen molar-refractivity contribution in [3.63, 3.8) is 0 Å². The number of rotatable bonds is 4. The fraction of sp³-hybridized carbons (Fsp3) is 0.435. The van der Waals surface area contributed by atoms with Crippen LogP contribution in [0.5, 0.6) is 0 Å². The van der Waals surface area contributed by atoms with E-state index in [4.69, 9.17) is 4.11 Å². The number of H-pyrrole nitrogens is 1. The molecular weight excluding hydrogens is 450 g/mol. The van der Waals surface area contributed by atoms with Gasteiger partial charge in [0.05, 0.1) is 4.90 Å². The number of pyridine rings is 1. The molecule has 1 N–H and O–H groups in total. The molecule has 3 heterocycles. The monoisotopic (exact) mass is 479 g/mol. The van der Waals surface area contributed by atoms with Crippen LogP contribution in [0.4, 0.5) is 14.5 Å². The molecule has 33 heavy (non-hydrogen) atoms. The number of nitrogens with zero attached hydrogens (tertiary/aromatic N) is 3. The Kier molecular flexibility index (Phi) is 4.04. The zero-order valence-corrected chi connectivity index (χ0v) is 19.0. The number of piperidine rings is 1. The van der Waals surface area contributed by atoms with E-state index in [0.717, 1.165) is 4.31 Å². The lowest BCUT2D eigenvalue weighted by molar-refractivity contribution is 0.0537. The van der Waals surface area contributed by atoms with Gasteiger partial charge in [-0.1, -0.05) is 0 Å². The van der Waals surface area contributed by atoms with Crippen molar-refractivity contribution in [3.05, 3.63) is 47.0 Å². The molecule has 1 spiro atoms. The highest BCUT2D eigenvalue weighted by atomic mass is 32.2. The first-order valence-electron chi connectivity index (χ1n) is 12.1. The first-order valence-corrected chi connectivity index (χ1v) is 12.0.